The van der Waals surface area contributed by atoms with Gasteiger partial charge < -0.3 is 5.32 Å². The molecule has 0 saturated carbocycles. The van der Waals surface area contributed by atoms with Crippen molar-refractivity contribution in [2.45, 2.75) is 0 Å². The lowest BCUT2D eigenvalue weighted by Gasteiger charge is -2.04. The van der Waals surface area contributed by atoms with Gasteiger partial charge in [-0.1, -0.05) is 15.9 Å². The van der Waals surface area contributed by atoms with Gasteiger partial charge in [-0.15, -0.1) is 0 Å². The summed E-state index contributed by atoms with van der Waals surface area (Å²) in [5, 5.41) is 2.73. The Balaban J connectivity index is 2.11. The van der Waals surface area contributed by atoms with Crippen molar-refractivity contribution in [1.29, 1.82) is 0 Å². The number of anilines is 1. The molecule has 2 rings (SSSR count). The maximum absolute atomic E-state index is 11.8. The van der Waals surface area contributed by atoms with Crippen molar-refractivity contribution in [2.24, 2.45) is 0 Å². The van der Waals surface area contributed by atoms with Crippen LogP contribution in [-0.4, -0.2) is 15.9 Å². The van der Waals surface area contributed by atoms with Crippen LogP contribution in [0.15, 0.2) is 45.7 Å². The number of carbonyl (C=O) groups is 1. The quantitative estimate of drug-likeness (QED) is 0.898. The van der Waals surface area contributed by atoms with E-state index >= 15 is 0 Å². The van der Waals surface area contributed by atoms with Crippen molar-refractivity contribution in [1.82, 2.24) is 9.97 Å². The molecule has 1 aromatic heterocycles. The Morgan fingerprint density at radius 2 is 1.76 bits per heavy atom. The molecule has 0 unspecified atom stereocenters. The van der Waals surface area contributed by atoms with Gasteiger partial charge in [-0.25, -0.2) is 9.97 Å². The molecular weight excluding hydrogens is 350 g/mol. The van der Waals surface area contributed by atoms with Crippen molar-refractivity contribution >= 4 is 43.5 Å². The van der Waals surface area contributed by atoms with Crippen LogP contribution in [0.3, 0.4) is 0 Å². The van der Waals surface area contributed by atoms with Crippen LogP contribution >= 0.6 is 31.9 Å². The standard InChI is InChI=1S/C11H7Br2N3O/c12-7-1-3-8(4-2-7)16-11(17)9-5-15-10(13)6-14-9/h1-6H,(H,16,17). The zero-order valence-electron chi connectivity index (χ0n) is 8.52. The van der Waals surface area contributed by atoms with Crippen LogP contribution in [0.5, 0.6) is 0 Å². The fourth-order valence-corrected chi connectivity index (χ4v) is 1.63. The van der Waals surface area contributed by atoms with E-state index in [1.165, 1.54) is 12.4 Å². The summed E-state index contributed by atoms with van der Waals surface area (Å²) >= 11 is 6.48. The highest BCUT2D eigenvalue weighted by atomic mass is 79.9. The lowest BCUT2D eigenvalue weighted by molar-refractivity contribution is 0.102. The molecule has 0 fully saturated rings. The Hall–Kier alpha value is -1.27. The molecule has 0 radical (unpaired) electrons. The number of hydrogen-bond donors (Lipinski definition) is 1. The van der Waals surface area contributed by atoms with Crippen LogP contribution in [0.2, 0.25) is 0 Å². The third-order valence-electron chi connectivity index (χ3n) is 1.96. The predicted molar refractivity (Wildman–Crippen MR) is 71.8 cm³/mol. The number of nitrogens with zero attached hydrogens (tertiary/aromatic N) is 2. The summed E-state index contributed by atoms with van der Waals surface area (Å²) in [5.41, 5.74) is 0.985. The van der Waals surface area contributed by atoms with Crippen LogP contribution in [0.25, 0.3) is 0 Å². The van der Waals surface area contributed by atoms with Gasteiger partial charge in [0.25, 0.3) is 5.91 Å². The fraction of sp³-hybridized carbons (Fsp3) is 0. The number of halogens is 2. The highest BCUT2D eigenvalue weighted by Gasteiger charge is 2.07. The molecule has 0 saturated heterocycles. The minimum Gasteiger partial charge on any atom is -0.321 e. The van der Waals surface area contributed by atoms with Crippen molar-refractivity contribution in [3.63, 3.8) is 0 Å². The summed E-state index contributed by atoms with van der Waals surface area (Å²) in [4.78, 5) is 19.7. The molecule has 17 heavy (non-hydrogen) atoms. The van der Waals surface area contributed by atoms with Gasteiger partial charge in [-0.2, -0.15) is 0 Å². The van der Waals surface area contributed by atoms with E-state index in [0.717, 1.165) is 4.47 Å². The van der Waals surface area contributed by atoms with E-state index in [-0.39, 0.29) is 11.6 Å². The third kappa shape index (κ3) is 3.34. The van der Waals surface area contributed by atoms with Crippen LogP contribution in [0.4, 0.5) is 5.69 Å². The van der Waals surface area contributed by atoms with Crippen LogP contribution in [0, 0.1) is 0 Å². The van der Waals surface area contributed by atoms with E-state index in [2.05, 4.69) is 47.1 Å². The molecular formula is C11H7Br2N3O. The number of hydrogen-bond acceptors (Lipinski definition) is 3. The van der Waals surface area contributed by atoms with Gasteiger partial charge in [0.15, 0.2) is 0 Å². The first-order valence-corrected chi connectivity index (χ1v) is 6.28. The Labute approximate surface area is 115 Å². The number of benzene rings is 1. The van der Waals surface area contributed by atoms with Gasteiger partial charge in [-0.05, 0) is 40.2 Å². The number of aromatic nitrogens is 2. The summed E-state index contributed by atoms with van der Waals surface area (Å²) < 4.78 is 1.55. The largest absolute Gasteiger partial charge is 0.321 e. The van der Waals surface area contributed by atoms with E-state index < -0.39 is 0 Å². The van der Waals surface area contributed by atoms with Crippen LogP contribution in [0.1, 0.15) is 10.5 Å². The minimum absolute atomic E-state index is 0.274. The average Bonchev–Trinajstić information content (AvgIpc) is 2.33. The number of carbonyl (C=O) groups excluding carboxylic acids is 1. The van der Waals surface area contributed by atoms with Crippen molar-refractivity contribution < 1.29 is 4.79 Å². The molecule has 0 spiro atoms. The highest BCUT2D eigenvalue weighted by molar-refractivity contribution is 9.10. The van der Waals surface area contributed by atoms with E-state index in [9.17, 15) is 4.79 Å². The first-order chi connectivity index (χ1) is 8.15. The molecule has 6 heteroatoms. The molecule has 1 aromatic carbocycles. The molecule has 0 aliphatic rings. The summed E-state index contributed by atoms with van der Waals surface area (Å²) in [5.74, 6) is -0.285. The Kier molecular flexibility index (Phi) is 3.86. The summed E-state index contributed by atoms with van der Waals surface area (Å²) in [7, 11) is 0. The van der Waals surface area contributed by atoms with E-state index in [1.807, 2.05) is 12.1 Å². The lowest BCUT2D eigenvalue weighted by atomic mass is 10.3. The molecule has 4 nitrogen and oxygen atoms in total. The molecule has 86 valence electrons. The van der Waals surface area contributed by atoms with Gasteiger partial charge in [-0.3, -0.25) is 4.79 Å². The Morgan fingerprint density at radius 3 is 2.35 bits per heavy atom. The molecule has 0 atom stereocenters. The second-order valence-electron chi connectivity index (χ2n) is 3.19. The van der Waals surface area contributed by atoms with Crippen molar-refractivity contribution in [3.8, 4) is 0 Å². The van der Waals surface area contributed by atoms with E-state index in [1.54, 1.807) is 12.1 Å². The number of amides is 1. The zero-order valence-corrected chi connectivity index (χ0v) is 11.7. The molecule has 0 bridgehead atoms. The summed E-state index contributed by atoms with van der Waals surface area (Å²) in [6, 6.07) is 7.30. The summed E-state index contributed by atoms with van der Waals surface area (Å²) in [6.07, 6.45) is 2.90. The zero-order chi connectivity index (χ0) is 12.3. The fourth-order valence-electron chi connectivity index (χ4n) is 1.16. The van der Waals surface area contributed by atoms with Crippen molar-refractivity contribution in [3.05, 3.63) is 51.4 Å². The van der Waals surface area contributed by atoms with Gasteiger partial charge in [0.05, 0.1) is 12.4 Å². The maximum atomic E-state index is 11.8. The normalized spacial score (nSPS) is 10.0. The minimum atomic E-state index is -0.285. The van der Waals surface area contributed by atoms with Gasteiger partial charge in [0.1, 0.15) is 10.3 Å². The Bertz CT molecular complexity index is 525. The molecule has 1 N–H and O–H groups in total. The van der Waals surface area contributed by atoms with Gasteiger partial charge in [0, 0.05) is 10.2 Å². The van der Waals surface area contributed by atoms with E-state index in [4.69, 9.17) is 0 Å². The highest BCUT2D eigenvalue weighted by Crippen LogP contribution is 2.14. The van der Waals surface area contributed by atoms with Crippen molar-refractivity contribution in [2.75, 3.05) is 5.32 Å². The van der Waals surface area contributed by atoms with Gasteiger partial charge in [0.2, 0.25) is 0 Å². The first kappa shape index (κ1) is 12.2. The Morgan fingerprint density at radius 1 is 1.06 bits per heavy atom. The lowest BCUT2D eigenvalue weighted by Crippen LogP contribution is -2.13. The molecule has 2 aromatic rings. The molecule has 1 heterocycles. The van der Waals surface area contributed by atoms with Crippen LogP contribution in [-0.2, 0) is 0 Å². The van der Waals surface area contributed by atoms with Crippen LogP contribution < -0.4 is 5.32 Å². The molecule has 1 amide bonds. The predicted octanol–water partition coefficient (Wildman–Crippen LogP) is 3.25. The first-order valence-electron chi connectivity index (χ1n) is 4.69. The molecule has 0 aliphatic heterocycles. The maximum Gasteiger partial charge on any atom is 0.275 e. The average molecular weight is 357 g/mol. The SMILES string of the molecule is O=C(Nc1ccc(Br)cc1)c1cnc(Br)cn1. The summed E-state index contributed by atoms with van der Waals surface area (Å²) in [6.45, 7) is 0. The third-order valence-corrected chi connectivity index (χ3v) is 2.89. The smallest absolute Gasteiger partial charge is 0.275 e. The van der Waals surface area contributed by atoms with Gasteiger partial charge >= 0.3 is 0 Å². The second kappa shape index (κ2) is 5.37. The topological polar surface area (TPSA) is 54.9 Å². The second-order valence-corrected chi connectivity index (χ2v) is 4.91. The monoisotopic (exact) mass is 355 g/mol. The van der Waals surface area contributed by atoms with E-state index in [0.29, 0.717) is 10.3 Å². The molecule has 0 aliphatic carbocycles. The number of nitrogens with one attached hydrogen (secondary N) is 1. The number of rotatable bonds is 2.